The Balaban J connectivity index is 1.75. The Bertz CT molecular complexity index is 973. The first-order chi connectivity index (χ1) is 14.6. The van der Waals surface area contributed by atoms with Crippen molar-refractivity contribution in [3.05, 3.63) is 23.8 Å². The number of fused-ring (bicyclic) bond motifs is 5. The Morgan fingerprint density at radius 3 is 2.59 bits per heavy atom. The van der Waals surface area contributed by atoms with Gasteiger partial charge in [-0.2, -0.15) is 0 Å². The maximum Gasteiger partial charge on any atom is 0.470 e. The monoisotopic (exact) mass is 472 g/mol. The number of Topliss-reactive ketones (excluding diaryl/α,β-unsaturated/α-hetero) is 1. The summed E-state index contributed by atoms with van der Waals surface area (Å²) in [6.07, 6.45) is 3.67. The molecule has 0 amide bonds. The van der Waals surface area contributed by atoms with Crippen molar-refractivity contribution in [3.8, 4) is 0 Å². The van der Waals surface area contributed by atoms with Gasteiger partial charge in [-0.3, -0.25) is 14.1 Å². The highest BCUT2D eigenvalue weighted by Crippen LogP contribution is 2.70. The van der Waals surface area contributed by atoms with Crippen LogP contribution in [-0.2, 0) is 18.7 Å². The average molecular weight is 472 g/mol. The van der Waals surface area contributed by atoms with Crippen LogP contribution in [0.25, 0.3) is 0 Å². The molecule has 178 valence electrons. The van der Waals surface area contributed by atoms with Crippen molar-refractivity contribution in [2.24, 2.45) is 28.6 Å². The minimum atomic E-state index is -4.93. The molecule has 2 saturated carbocycles. The Kier molecular flexibility index (Phi) is 5.34. The molecular weight excluding hydrogens is 442 g/mol. The number of allylic oxidation sites excluding steroid dienone is 4. The number of phosphoric ester groups is 1. The summed E-state index contributed by atoms with van der Waals surface area (Å²) in [5.74, 6) is -2.84. The molecule has 0 saturated heterocycles. The van der Waals surface area contributed by atoms with Gasteiger partial charge in [-0.1, -0.05) is 31.6 Å². The molecule has 4 rings (SSSR count). The number of hydrogen-bond acceptors (Lipinski definition) is 6. The predicted octanol–water partition coefficient (Wildman–Crippen LogP) is 2.01. The lowest BCUT2D eigenvalue weighted by Gasteiger charge is -2.62. The van der Waals surface area contributed by atoms with Crippen LogP contribution in [0.1, 0.15) is 46.5 Å². The van der Waals surface area contributed by atoms with Crippen LogP contribution in [0.2, 0.25) is 0 Å². The van der Waals surface area contributed by atoms with Gasteiger partial charge >= 0.3 is 7.82 Å². The first-order valence-corrected chi connectivity index (χ1v) is 12.4. The van der Waals surface area contributed by atoms with Gasteiger partial charge in [0.25, 0.3) is 0 Å². The van der Waals surface area contributed by atoms with Gasteiger partial charge in [0, 0.05) is 23.2 Å². The minimum Gasteiger partial charge on any atom is -0.390 e. The summed E-state index contributed by atoms with van der Waals surface area (Å²) in [6.45, 7) is 3.99. The lowest BCUT2D eigenvalue weighted by Crippen LogP contribution is -2.69. The number of hydrogen-bond donors (Lipinski definition) is 4. The molecule has 0 spiro atoms. The molecule has 0 aromatic rings. The van der Waals surface area contributed by atoms with E-state index in [0.717, 1.165) is 0 Å². The molecule has 0 heterocycles. The van der Waals surface area contributed by atoms with Gasteiger partial charge in [-0.05, 0) is 44.1 Å². The zero-order valence-electron chi connectivity index (χ0n) is 18.3. The molecule has 0 aromatic carbocycles. The maximum atomic E-state index is 17.0. The van der Waals surface area contributed by atoms with Crippen molar-refractivity contribution in [1.82, 2.24) is 0 Å². The molecule has 10 heteroatoms. The minimum absolute atomic E-state index is 0.0958. The number of aliphatic hydroxyl groups is 2. The second kappa shape index (κ2) is 7.14. The van der Waals surface area contributed by atoms with Crippen molar-refractivity contribution in [2.45, 2.75) is 63.8 Å². The number of halogens is 1. The predicted molar refractivity (Wildman–Crippen MR) is 111 cm³/mol. The highest BCUT2D eigenvalue weighted by Gasteiger charge is 2.75. The number of carbonyl (C=O) groups is 2. The first kappa shape index (κ1) is 23.9. The molecule has 8 nitrogen and oxygen atoms in total. The van der Waals surface area contributed by atoms with Gasteiger partial charge in [-0.25, -0.2) is 8.96 Å². The fraction of sp³-hybridized carbons (Fsp3) is 0.727. The molecule has 8 atom stereocenters. The van der Waals surface area contributed by atoms with E-state index in [-0.39, 0.29) is 25.0 Å². The molecule has 2 fully saturated rings. The van der Waals surface area contributed by atoms with Gasteiger partial charge in [0.05, 0.1) is 6.10 Å². The molecule has 4 aliphatic carbocycles. The van der Waals surface area contributed by atoms with Crippen molar-refractivity contribution in [3.63, 3.8) is 0 Å². The maximum absolute atomic E-state index is 17.0. The van der Waals surface area contributed by atoms with E-state index in [4.69, 9.17) is 9.79 Å². The molecule has 0 aromatic heterocycles. The van der Waals surface area contributed by atoms with Crippen molar-refractivity contribution in [2.75, 3.05) is 6.61 Å². The van der Waals surface area contributed by atoms with E-state index < -0.39 is 66.2 Å². The first-order valence-electron chi connectivity index (χ1n) is 10.9. The van der Waals surface area contributed by atoms with Crippen molar-refractivity contribution >= 4 is 19.4 Å². The molecular formula is C22H30FO8P. The lowest BCUT2D eigenvalue weighted by atomic mass is 9.45. The molecule has 0 bridgehead atoms. The SMILES string of the molecule is C[C@H]1CC2C3CC=C4CC(=O)C=CC4(C)[C@@]3(F)[C@@H](O)CC2(C)[C@@]1(O)C(=O)COP(=O)(O)O. The highest BCUT2D eigenvalue weighted by molar-refractivity contribution is 7.46. The third-order valence-electron chi connectivity index (χ3n) is 8.97. The quantitative estimate of drug-likeness (QED) is 0.360. The summed E-state index contributed by atoms with van der Waals surface area (Å²) >= 11 is 0. The van der Waals surface area contributed by atoms with E-state index in [1.165, 1.54) is 12.2 Å². The zero-order chi connectivity index (χ0) is 23.9. The second-order valence-electron chi connectivity index (χ2n) is 10.4. The van der Waals surface area contributed by atoms with Crippen LogP contribution < -0.4 is 0 Å². The summed E-state index contributed by atoms with van der Waals surface area (Å²) in [5.41, 5.74) is -5.90. The summed E-state index contributed by atoms with van der Waals surface area (Å²) in [7, 11) is -4.93. The Labute approximate surface area is 185 Å². The largest absolute Gasteiger partial charge is 0.470 e. The molecule has 4 aliphatic rings. The van der Waals surface area contributed by atoms with E-state index >= 15 is 4.39 Å². The van der Waals surface area contributed by atoms with Crippen LogP contribution >= 0.6 is 7.82 Å². The van der Waals surface area contributed by atoms with Crippen LogP contribution in [0, 0.1) is 28.6 Å². The van der Waals surface area contributed by atoms with E-state index in [2.05, 4.69) is 4.52 Å². The van der Waals surface area contributed by atoms with Crippen LogP contribution in [0.15, 0.2) is 23.8 Å². The number of phosphoric acid groups is 1. The van der Waals surface area contributed by atoms with Gasteiger partial charge in [0.1, 0.15) is 12.2 Å². The average Bonchev–Trinajstić information content (AvgIpc) is 2.89. The smallest absolute Gasteiger partial charge is 0.390 e. The van der Waals surface area contributed by atoms with E-state index in [9.17, 15) is 24.4 Å². The Morgan fingerprint density at radius 1 is 1.31 bits per heavy atom. The Morgan fingerprint density at radius 2 is 1.97 bits per heavy atom. The van der Waals surface area contributed by atoms with Gasteiger partial charge in [0.15, 0.2) is 17.2 Å². The van der Waals surface area contributed by atoms with Crippen molar-refractivity contribution in [1.29, 1.82) is 0 Å². The zero-order valence-corrected chi connectivity index (χ0v) is 19.2. The van der Waals surface area contributed by atoms with Crippen LogP contribution in [-0.4, -0.2) is 55.5 Å². The number of carbonyl (C=O) groups excluding carboxylic acids is 2. The normalized spacial score (nSPS) is 48.0. The topological polar surface area (TPSA) is 141 Å². The van der Waals surface area contributed by atoms with Crippen molar-refractivity contribution < 1.29 is 43.1 Å². The van der Waals surface area contributed by atoms with Gasteiger partial charge < -0.3 is 20.0 Å². The highest BCUT2D eigenvalue weighted by atomic mass is 31.2. The number of ketones is 2. The molecule has 0 aliphatic heterocycles. The second-order valence-corrected chi connectivity index (χ2v) is 11.6. The van der Waals surface area contributed by atoms with E-state index in [1.54, 1.807) is 20.8 Å². The molecule has 32 heavy (non-hydrogen) atoms. The standard InChI is InChI=1S/C22H30FO8P/c1-12-8-16-15-5-4-13-9-14(24)6-7-19(13,2)21(15,23)17(25)10-20(16,3)22(12,27)18(26)11-31-32(28,29)30/h4,6-7,12,15-17,25,27H,5,8-11H2,1-3H3,(H2,28,29,30)/t12-,15?,16?,17-,19?,20?,21-,22-/m0/s1. The van der Waals surface area contributed by atoms with Crippen LogP contribution in [0.4, 0.5) is 4.39 Å². The lowest BCUT2D eigenvalue weighted by molar-refractivity contribution is -0.215. The molecule has 4 N–H and O–H groups in total. The van der Waals surface area contributed by atoms with E-state index in [1.807, 2.05) is 6.08 Å². The molecule has 4 unspecified atom stereocenters. The summed E-state index contributed by atoms with van der Waals surface area (Å²) in [5, 5.41) is 22.8. The van der Waals surface area contributed by atoms with Gasteiger partial charge in [0.2, 0.25) is 0 Å². The summed E-state index contributed by atoms with van der Waals surface area (Å²) < 4.78 is 32.5. The fourth-order valence-electron chi connectivity index (χ4n) is 7.30. The summed E-state index contributed by atoms with van der Waals surface area (Å²) in [4.78, 5) is 42.9. The third-order valence-corrected chi connectivity index (χ3v) is 9.44. The number of rotatable bonds is 4. The number of aliphatic hydroxyl groups excluding tert-OH is 1. The number of alkyl halides is 1. The van der Waals surface area contributed by atoms with Crippen LogP contribution in [0.3, 0.4) is 0 Å². The van der Waals surface area contributed by atoms with Gasteiger partial charge in [-0.15, -0.1) is 0 Å². The van der Waals surface area contributed by atoms with Crippen LogP contribution in [0.5, 0.6) is 0 Å². The van der Waals surface area contributed by atoms with E-state index in [0.29, 0.717) is 12.0 Å². The third kappa shape index (κ3) is 2.95. The molecule has 0 radical (unpaired) electrons. The fourth-order valence-corrected chi connectivity index (χ4v) is 7.59. The summed E-state index contributed by atoms with van der Waals surface area (Å²) in [6, 6.07) is 0. The Hall–Kier alpha value is -1.22.